The van der Waals surface area contributed by atoms with Gasteiger partial charge in [-0.1, -0.05) is 30.3 Å². The first-order valence-electron chi connectivity index (χ1n) is 8.54. The highest BCUT2D eigenvalue weighted by atomic mass is 35.5. The van der Waals surface area contributed by atoms with Crippen LogP contribution in [0.3, 0.4) is 0 Å². The van der Waals surface area contributed by atoms with Gasteiger partial charge in [-0.15, -0.1) is 12.4 Å². The first kappa shape index (κ1) is 21.2. The molecule has 5 nitrogen and oxygen atoms in total. The average molecular weight is 403 g/mol. The van der Waals surface area contributed by atoms with Gasteiger partial charge in [-0.25, -0.2) is 0 Å². The van der Waals surface area contributed by atoms with Crippen LogP contribution in [0.25, 0.3) is 0 Å². The van der Waals surface area contributed by atoms with Crippen LogP contribution in [-0.4, -0.2) is 41.0 Å². The van der Waals surface area contributed by atoms with Gasteiger partial charge in [0.05, 0.1) is 0 Å². The Morgan fingerprint density at radius 1 is 1.22 bits per heavy atom. The first-order chi connectivity index (χ1) is 12.4. The van der Waals surface area contributed by atoms with Crippen LogP contribution in [0.4, 0.5) is 13.2 Å². The van der Waals surface area contributed by atoms with Crippen molar-refractivity contribution in [2.75, 3.05) is 13.1 Å². The Bertz CT molecular complexity index is 716. The fourth-order valence-electron chi connectivity index (χ4n) is 3.31. The summed E-state index contributed by atoms with van der Waals surface area (Å²) in [7, 11) is 0. The summed E-state index contributed by atoms with van der Waals surface area (Å²) in [5.74, 6) is -0.638. The summed E-state index contributed by atoms with van der Waals surface area (Å²) in [5, 5.41) is 9.52. The van der Waals surface area contributed by atoms with E-state index in [0.717, 1.165) is 0 Å². The lowest BCUT2D eigenvalue weighted by Crippen LogP contribution is -2.59. The summed E-state index contributed by atoms with van der Waals surface area (Å²) in [5.41, 5.74) is -0.580. The number of aromatic nitrogens is 2. The molecule has 9 heteroatoms. The van der Waals surface area contributed by atoms with Gasteiger partial charge >= 0.3 is 6.18 Å². The van der Waals surface area contributed by atoms with Crippen molar-refractivity contribution >= 4 is 18.3 Å². The molecule has 1 amide bonds. The molecule has 3 rings (SSSR count). The molecule has 0 spiro atoms. The van der Waals surface area contributed by atoms with Gasteiger partial charge in [0.15, 0.2) is 0 Å². The number of amides is 1. The number of benzene rings is 1. The zero-order valence-corrected chi connectivity index (χ0v) is 15.4. The van der Waals surface area contributed by atoms with E-state index in [1.165, 1.54) is 10.9 Å². The fraction of sp³-hybridized carbons (Fsp3) is 0.444. The van der Waals surface area contributed by atoms with Gasteiger partial charge in [0, 0.05) is 18.8 Å². The van der Waals surface area contributed by atoms with E-state index >= 15 is 0 Å². The van der Waals surface area contributed by atoms with Crippen molar-refractivity contribution in [3.8, 4) is 0 Å². The number of nitrogens with zero attached hydrogens (tertiary/aromatic N) is 2. The summed E-state index contributed by atoms with van der Waals surface area (Å²) >= 11 is 0. The molecule has 1 unspecified atom stereocenters. The highest BCUT2D eigenvalue weighted by Gasteiger charge is 2.47. The van der Waals surface area contributed by atoms with Gasteiger partial charge in [0.25, 0.3) is 0 Å². The van der Waals surface area contributed by atoms with Crippen LogP contribution in [0.5, 0.6) is 0 Å². The van der Waals surface area contributed by atoms with Gasteiger partial charge in [-0.2, -0.15) is 18.3 Å². The quantitative estimate of drug-likeness (QED) is 0.808. The number of carbonyl (C=O) groups is 1. The molecule has 2 aromatic rings. The molecule has 1 aromatic heterocycles. The number of nitrogens with one attached hydrogen (secondary N) is 2. The minimum Gasteiger partial charge on any atom is -0.342 e. The second-order valence-electron chi connectivity index (χ2n) is 6.49. The van der Waals surface area contributed by atoms with Crippen molar-refractivity contribution in [1.29, 1.82) is 0 Å². The van der Waals surface area contributed by atoms with E-state index in [1.807, 2.05) is 0 Å². The van der Waals surface area contributed by atoms with Crippen molar-refractivity contribution in [2.45, 2.75) is 37.0 Å². The van der Waals surface area contributed by atoms with Crippen molar-refractivity contribution in [2.24, 2.45) is 0 Å². The Morgan fingerprint density at radius 3 is 2.44 bits per heavy atom. The number of hydrogen-bond acceptors (Lipinski definition) is 3. The van der Waals surface area contributed by atoms with Crippen molar-refractivity contribution < 1.29 is 18.0 Å². The standard InChI is InChI=1S/C18H21F3N4O.ClH/c19-18(20,21)15(13-14-5-2-1-3-6-14)24-16(26)17(7-10-22-11-8-17)25-12-4-9-23-25;/h1-6,9,12,15,22H,7-8,10-11,13H2,(H,24,26);1H. The zero-order valence-electron chi connectivity index (χ0n) is 14.6. The van der Waals surface area contributed by atoms with E-state index in [0.29, 0.717) is 31.5 Å². The van der Waals surface area contributed by atoms with Gasteiger partial charge in [-0.3, -0.25) is 9.48 Å². The van der Waals surface area contributed by atoms with E-state index in [9.17, 15) is 18.0 Å². The summed E-state index contributed by atoms with van der Waals surface area (Å²) in [6, 6.07) is 8.08. The van der Waals surface area contributed by atoms with Crippen molar-refractivity contribution in [3.63, 3.8) is 0 Å². The second kappa shape index (κ2) is 8.75. The third-order valence-electron chi connectivity index (χ3n) is 4.78. The molecule has 1 aliphatic heterocycles. The molecule has 1 saturated heterocycles. The Labute approximate surface area is 161 Å². The van der Waals surface area contributed by atoms with Gasteiger partial charge < -0.3 is 10.6 Å². The molecular formula is C18H22ClF3N4O. The fourth-order valence-corrected chi connectivity index (χ4v) is 3.31. The van der Waals surface area contributed by atoms with Crippen LogP contribution in [0.2, 0.25) is 0 Å². The minimum atomic E-state index is -4.54. The Balaban J connectivity index is 0.00000261. The van der Waals surface area contributed by atoms with E-state index in [2.05, 4.69) is 15.7 Å². The van der Waals surface area contributed by atoms with Gasteiger partial charge in [0.2, 0.25) is 5.91 Å². The lowest BCUT2D eigenvalue weighted by molar-refractivity contribution is -0.165. The van der Waals surface area contributed by atoms with Crippen molar-refractivity contribution in [3.05, 3.63) is 54.4 Å². The molecule has 2 heterocycles. The molecule has 2 N–H and O–H groups in total. The van der Waals surface area contributed by atoms with E-state index in [4.69, 9.17) is 0 Å². The van der Waals surface area contributed by atoms with Crippen molar-refractivity contribution in [1.82, 2.24) is 20.4 Å². The predicted octanol–water partition coefficient (Wildman–Crippen LogP) is 2.67. The maximum absolute atomic E-state index is 13.6. The normalized spacial score (nSPS) is 17.6. The van der Waals surface area contributed by atoms with Gasteiger partial charge in [0.1, 0.15) is 11.6 Å². The van der Waals surface area contributed by atoms with Gasteiger partial charge in [-0.05, 0) is 37.6 Å². The maximum atomic E-state index is 13.6. The topological polar surface area (TPSA) is 59.0 Å². The zero-order chi connectivity index (χ0) is 18.6. The summed E-state index contributed by atoms with van der Waals surface area (Å²) < 4.78 is 42.1. The molecule has 1 aliphatic rings. The molecule has 0 bridgehead atoms. The summed E-state index contributed by atoms with van der Waals surface area (Å²) in [6.07, 6.45) is -0.910. The molecule has 1 fully saturated rings. The SMILES string of the molecule is Cl.O=C(NC(Cc1ccccc1)C(F)(F)F)C1(n2cccn2)CCNCC1. The lowest BCUT2D eigenvalue weighted by atomic mass is 9.87. The van der Waals surface area contributed by atoms with E-state index < -0.39 is 23.7 Å². The van der Waals surface area contributed by atoms with Crippen LogP contribution < -0.4 is 10.6 Å². The van der Waals surface area contributed by atoms with Crippen LogP contribution >= 0.6 is 12.4 Å². The number of carbonyl (C=O) groups excluding carboxylic acids is 1. The minimum absolute atomic E-state index is 0. The summed E-state index contributed by atoms with van der Waals surface area (Å²) in [6.45, 7) is 1.09. The molecule has 0 aliphatic carbocycles. The molecule has 1 aromatic carbocycles. The molecule has 0 saturated carbocycles. The average Bonchev–Trinajstić information content (AvgIpc) is 3.17. The second-order valence-corrected chi connectivity index (χ2v) is 6.49. The number of piperidine rings is 1. The molecule has 27 heavy (non-hydrogen) atoms. The summed E-state index contributed by atoms with van der Waals surface area (Å²) in [4.78, 5) is 13.0. The molecular weight excluding hydrogens is 381 g/mol. The number of hydrogen-bond donors (Lipinski definition) is 2. The first-order valence-corrected chi connectivity index (χ1v) is 8.54. The highest BCUT2D eigenvalue weighted by Crippen LogP contribution is 2.30. The van der Waals surface area contributed by atoms with E-state index in [1.54, 1.807) is 42.6 Å². The highest BCUT2D eigenvalue weighted by molar-refractivity contribution is 5.85. The molecule has 1 atom stereocenters. The Morgan fingerprint density at radius 2 is 1.89 bits per heavy atom. The smallest absolute Gasteiger partial charge is 0.342 e. The van der Waals surface area contributed by atoms with Crippen LogP contribution in [0.15, 0.2) is 48.8 Å². The number of alkyl halides is 3. The number of rotatable bonds is 5. The van der Waals surface area contributed by atoms with Crippen LogP contribution in [-0.2, 0) is 16.8 Å². The largest absolute Gasteiger partial charge is 0.408 e. The van der Waals surface area contributed by atoms with Crippen LogP contribution in [0, 0.1) is 0 Å². The predicted molar refractivity (Wildman–Crippen MR) is 97.7 cm³/mol. The van der Waals surface area contributed by atoms with Crippen LogP contribution in [0.1, 0.15) is 18.4 Å². The molecule has 148 valence electrons. The monoisotopic (exact) mass is 402 g/mol. The number of halogens is 4. The molecule has 0 radical (unpaired) electrons. The van der Waals surface area contributed by atoms with E-state index in [-0.39, 0.29) is 18.8 Å². The Kier molecular flexibility index (Phi) is 6.89. The third-order valence-corrected chi connectivity index (χ3v) is 4.78. The Hall–Kier alpha value is -2.06. The lowest BCUT2D eigenvalue weighted by Gasteiger charge is -2.37. The maximum Gasteiger partial charge on any atom is 0.408 e. The third kappa shape index (κ3) is 4.81.